The van der Waals surface area contributed by atoms with Gasteiger partial charge in [-0.3, -0.25) is 19.2 Å². The summed E-state index contributed by atoms with van der Waals surface area (Å²) < 4.78 is 20.2. The molecule has 2 N–H and O–H groups in total. The molecule has 2 saturated heterocycles. The monoisotopic (exact) mass is 933 g/mol. The van der Waals surface area contributed by atoms with Gasteiger partial charge in [-0.25, -0.2) is 9.48 Å². The minimum atomic E-state index is -2.88. The maximum atomic E-state index is 14.5. The molecule has 358 valence electrons. The molecule has 0 spiro atoms. The Labute approximate surface area is 395 Å². The molecule has 15 nitrogen and oxygen atoms in total. The number of rotatable bonds is 19. The molecule has 16 heteroatoms. The number of hydrogen-bond donors (Lipinski definition) is 2. The Kier molecular flexibility index (Phi) is 16.5. The van der Waals surface area contributed by atoms with Gasteiger partial charge in [-0.15, -0.1) is 0 Å². The minimum Gasteiger partial charge on any atom is -0.467 e. The Bertz CT molecular complexity index is 2240. The maximum Gasteiger partial charge on any atom is 0.409 e. The molecule has 4 aromatic rings. The van der Waals surface area contributed by atoms with Gasteiger partial charge in [-0.2, -0.15) is 5.10 Å². The average Bonchev–Trinajstić information content (AvgIpc) is 4.01. The molecule has 0 bridgehead atoms. The fourth-order valence-electron chi connectivity index (χ4n) is 9.23. The molecule has 2 atom stereocenters. The third-order valence-electron chi connectivity index (χ3n) is 13.1. The molecule has 0 radical (unpaired) electrons. The van der Waals surface area contributed by atoms with Crippen LogP contribution in [0.2, 0.25) is 5.04 Å². The van der Waals surface area contributed by atoms with Crippen molar-refractivity contribution in [1.82, 2.24) is 35.1 Å². The number of amides is 5. The maximum absolute atomic E-state index is 14.5. The minimum absolute atomic E-state index is 0.00812. The Morgan fingerprint density at radius 3 is 2.00 bits per heavy atom. The van der Waals surface area contributed by atoms with E-state index in [1.165, 1.54) is 10.7 Å². The van der Waals surface area contributed by atoms with Crippen molar-refractivity contribution in [2.24, 2.45) is 0 Å². The number of nitrogens with one attached hydrogen (secondary N) is 2. The summed E-state index contributed by atoms with van der Waals surface area (Å²) in [5, 5.41) is 12.8. The zero-order chi connectivity index (χ0) is 47.4. The lowest BCUT2D eigenvalue weighted by Crippen LogP contribution is -2.66. The van der Waals surface area contributed by atoms with Crippen molar-refractivity contribution in [3.05, 3.63) is 103 Å². The summed E-state index contributed by atoms with van der Waals surface area (Å²) in [5.41, 5.74) is 0.591. The highest BCUT2D eigenvalue weighted by molar-refractivity contribution is 6.99. The number of nitrogens with zero attached hydrogens (tertiary/aromatic N) is 5. The number of likely N-dealkylation sites (tertiary alicyclic amines) is 1. The Morgan fingerprint density at radius 1 is 0.776 bits per heavy atom. The largest absolute Gasteiger partial charge is 0.467 e. The lowest BCUT2D eigenvalue weighted by molar-refractivity contribution is -0.140. The van der Waals surface area contributed by atoms with E-state index < -0.39 is 32.4 Å². The fraction of sp³-hybridized carbons (Fsp3) is 0.490. The van der Waals surface area contributed by atoms with Crippen molar-refractivity contribution in [3.63, 3.8) is 0 Å². The van der Waals surface area contributed by atoms with Crippen LogP contribution in [0.15, 0.2) is 97.1 Å². The first kappa shape index (κ1) is 48.9. The average molecular weight is 934 g/mol. The number of para-hydroxylation sites is 1. The van der Waals surface area contributed by atoms with Crippen LogP contribution in [0.5, 0.6) is 5.88 Å². The van der Waals surface area contributed by atoms with Gasteiger partial charge < -0.3 is 39.2 Å². The van der Waals surface area contributed by atoms with E-state index in [1.54, 1.807) is 14.7 Å². The molecular weight excluding hydrogens is 867 g/mol. The van der Waals surface area contributed by atoms with Crippen molar-refractivity contribution in [1.29, 1.82) is 0 Å². The topological polar surface area (TPSA) is 165 Å². The van der Waals surface area contributed by atoms with E-state index in [4.69, 9.17) is 13.9 Å². The lowest BCUT2D eigenvalue weighted by Gasteiger charge is -2.43. The SMILES string of the molecule is CCCCOC(=O)N1CCN(C(=O)[C@H](CCCO[Si](c2ccccc2)(c2ccccc2)C(C)(C)C)NC(=O)c2cc(OCC(=O)N3CCC[C@H]3C(=O)NC3CCC3)n(-c3ccccc3)n2)CC1. The van der Waals surface area contributed by atoms with Gasteiger partial charge >= 0.3 is 6.09 Å². The van der Waals surface area contributed by atoms with Crippen LogP contribution in [0.3, 0.4) is 0 Å². The van der Waals surface area contributed by atoms with Crippen LogP contribution in [0.1, 0.15) is 96.0 Å². The highest BCUT2D eigenvalue weighted by Crippen LogP contribution is 2.37. The summed E-state index contributed by atoms with van der Waals surface area (Å²) in [4.78, 5) is 73.2. The van der Waals surface area contributed by atoms with E-state index in [9.17, 15) is 24.0 Å². The van der Waals surface area contributed by atoms with Gasteiger partial charge in [0.1, 0.15) is 12.1 Å². The van der Waals surface area contributed by atoms with Crippen molar-refractivity contribution in [3.8, 4) is 11.6 Å². The quantitative estimate of drug-likeness (QED) is 0.0920. The van der Waals surface area contributed by atoms with E-state index in [0.29, 0.717) is 57.8 Å². The summed E-state index contributed by atoms with van der Waals surface area (Å²) in [7, 11) is -2.88. The molecule has 7 rings (SSSR count). The third kappa shape index (κ3) is 11.8. The molecule has 67 heavy (non-hydrogen) atoms. The number of aromatic nitrogens is 2. The molecule has 3 heterocycles. The smallest absolute Gasteiger partial charge is 0.409 e. The second-order valence-corrected chi connectivity index (χ2v) is 23.1. The van der Waals surface area contributed by atoms with Crippen molar-refractivity contribution in [2.75, 3.05) is 52.5 Å². The summed E-state index contributed by atoms with van der Waals surface area (Å²) in [5.74, 6) is -1.18. The predicted octanol–water partition coefficient (Wildman–Crippen LogP) is 5.45. The van der Waals surface area contributed by atoms with E-state index in [2.05, 4.69) is 60.8 Å². The van der Waals surface area contributed by atoms with Gasteiger partial charge in [0.2, 0.25) is 17.7 Å². The Morgan fingerprint density at radius 2 is 1.40 bits per heavy atom. The molecule has 2 aliphatic heterocycles. The van der Waals surface area contributed by atoms with Gasteiger partial charge in [-0.1, -0.05) is 113 Å². The molecule has 1 saturated carbocycles. The van der Waals surface area contributed by atoms with Crippen LogP contribution in [0.4, 0.5) is 4.79 Å². The number of carbonyl (C=O) groups is 5. The normalized spacial score (nSPS) is 17.1. The highest BCUT2D eigenvalue weighted by Gasteiger charge is 2.50. The second-order valence-electron chi connectivity index (χ2n) is 18.7. The van der Waals surface area contributed by atoms with Gasteiger partial charge in [0.15, 0.2) is 12.3 Å². The summed E-state index contributed by atoms with van der Waals surface area (Å²) >= 11 is 0. The number of unbranched alkanes of at least 4 members (excludes halogenated alkanes) is 1. The van der Waals surface area contributed by atoms with E-state index >= 15 is 0 Å². The first-order chi connectivity index (χ1) is 32.4. The standard InChI is InChI=1S/C51H67N7O8Si/c1-5-6-34-64-50(63)56-32-30-55(31-33-56)49(62)42(27-18-35-66-67(51(2,3)4,40-23-12-8-13-24-40)41-25-14-9-15-26-41)53-47(60)43-36-46(58(54-43)39-21-10-7-11-22-39)65-37-45(59)57-29-17-28-44(57)48(61)52-38-19-16-20-38/h7-15,21-26,36,38,42,44H,5-6,16-20,27-35,37H2,1-4H3,(H,52,61)(H,53,60)/t42-,44-/m0/s1. The van der Waals surface area contributed by atoms with Crippen molar-refractivity contribution >= 4 is 48.4 Å². The molecule has 1 aliphatic carbocycles. The van der Waals surface area contributed by atoms with Crippen LogP contribution in [0.25, 0.3) is 5.69 Å². The molecule has 0 unspecified atom stereocenters. The van der Waals surface area contributed by atoms with Gasteiger partial charge in [0.05, 0.1) is 12.3 Å². The zero-order valence-electron chi connectivity index (χ0n) is 39.5. The summed E-state index contributed by atoms with van der Waals surface area (Å²) in [6.45, 7) is 10.6. The number of benzene rings is 3. The first-order valence-electron chi connectivity index (χ1n) is 24.0. The molecule has 3 aliphatic rings. The van der Waals surface area contributed by atoms with Gasteiger partial charge in [0, 0.05) is 51.4 Å². The molecule has 3 aromatic carbocycles. The zero-order valence-corrected chi connectivity index (χ0v) is 40.5. The summed E-state index contributed by atoms with van der Waals surface area (Å²) in [6, 6.07) is 30.0. The van der Waals surface area contributed by atoms with Crippen LogP contribution in [-0.2, 0) is 23.5 Å². The molecule has 5 amide bonds. The molecule has 3 fully saturated rings. The number of piperazine rings is 1. The predicted molar refractivity (Wildman–Crippen MR) is 258 cm³/mol. The molecule has 1 aromatic heterocycles. The number of ether oxygens (including phenoxy) is 2. The molecular formula is C51H67N7O8Si. The van der Waals surface area contributed by atoms with E-state index in [-0.39, 0.29) is 66.5 Å². The number of carbonyl (C=O) groups excluding carboxylic acids is 5. The second kappa shape index (κ2) is 22.7. The highest BCUT2D eigenvalue weighted by atomic mass is 28.4. The van der Waals surface area contributed by atoms with Crippen LogP contribution >= 0.6 is 0 Å². The van der Waals surface area contributed by atoms with E-state index in [1.807, 2.05) is 73.7 Å². The lowest BCUT2D eigenvalue weighted by atomic mass is 9.93. The van der Waals surface area contributed by atoms with Gasteiger partial charge in [-0.05, 0) is 78.9 Å². The summed E-state index contributed by atoms with van der Waals surface area (Å²) in [6.07, 6.45) is 6.32. The Balaban J connectivity index is 1.09. The number of hydrogen-bond acceptors (Lipinski definition) is 9. The van der Waals surface area contributed by atoms with Crippen molar-refractivity contribution < 1.29 is 37.9 Å². The fourth-order valence-corrected chi connectivity index (χ4v) is 13.8. The first-order valence-corrected chi connectivity index (χ1v) is 25.9. The van der Waals surface area contributed by atoms with E-state index in [0.717, 1.165) is 42.5 Å². The Hall–Kier alpha value is -6.00. The van der Waals surface area contributed by atoms with Gasteiger partial charge in [0.25, 0.3) is 20.1 Å². The van der Waals surface area contributed by atoms with Crippen LogP contribution in [-0.4, -0.2) is 133 Å². The van der Waals surface area contributed by atoms with Crippen LogP contribution in [0, 0.1) is 0 Å². The van der Waals surface area contributed by atoms with Crippen LogP contribution < -0.4 is 25.7 Å². The third-order valence-corrected chi connectivity index (χ3v) is 18.2. The van der Waals surface area contributed by atoms with Crippen molar-refractivity contribution in [2.45, 2.75) is 109 Å².